The zero-order valence-electron chi connectivity index (χ0n) is 13.3. The van der Waals surface area contributed by atoms with Crippen LogP contribution in [0.1, 0.15) is 39.2 Å². The predicted molar refractivity (Wildman–Crippen MR) is 82.9 cm³/mol. The number of halogens is 1. The third-order valence-corrected chi connectivity index (χ3v) is 3.35. The summed E-state index contributed by atoms with van der Waals surface area (Å²) in [6.07, 6.45) is 1.20. The number of aliphatic carboxylic acids is 1. The summed E-state index contributed by atoms with van der Waals surface area (Å²) in [5, 5.41) is 11.7. The molecular formula is C17H24FNO3. The molecule has 1 rings (SSSR count). The van der Waals surface area contributed by atoms with Crippen molar-refractivity contribution in [2.24, 2.45) is 11.8 Å². The van der Waals surface area contributed by atoms with Gasteiger partial charge in [-0.05, 0) is 42.4 Å². The number of benzene rings is 1. The third kappa shape index (κ3) is 6.70. The molecule has 0 heterocycles. The fourth-order valence-corrected chi connectivity index (χ4v) is 2.40. The molecule has 4 nitrogen and oxygen atoms in total. The van der Waals surface area contributed by atoms with Crippen LogP contribution in [-0.4, -0.2) is 23.0 Å². The quantitative estimate of drug-likeness (QED) is 0.776. The molecule has 1 aromatic carbocycles. The Bertz CT molecular complexity index is 516. The summed E-state index contributed by atoms with van der Waals surface area (Å²) in [6, 6.07) is 5.43. The maximum Gasteiger partial charge on any atom is 0.326 e. The largest absolute Gasteiger partial charge is 0.480 e. The van der Waals surface area contributed by atoms with Crippen LogP contribution in [0.4, 0.5) is 4.39 Å². The lowest BCUT2D eigenvalue weighted by Crippen LogP contribution is -2.42. The van der Waals surface area contributed by atoms with Gasteiger partial charge in [0.1, 0.15) is 11.9 Å². The second-order valence-corrected chi connectivity index (χ2v) is 6.23. The molecular weight excluding hydrogens is 285 g/mol. The molecule has 0 fully saturated rings. The number of nitrogens with one attached hydrogen (secondary N) is 1. The molecule has 0 saturated heterocycles. The number of carbonyl (C=O) groups excluding carboxylic acids is 1. The maximum atomic E-state index is 13.1. The topological polar surface area (TPSA) is 66.4 Å². The molecule has 1 amide bonds. The van der Waals surface area contributed by atoms with Crippen molar-refractivity contribution < 1.29 is 19.1 Å². The Kier molecular flexibility index (Phi) is 7.02. The zero-order chi connectivity index (χ0) is 16.7. The summed E-state index contributed by atoms with van der Waals surface area (Å²) in [5.41, 5.74) is 0.831. The monoisotopic (exact) mass is 309 g/mol. The van der Waals surface area contributed by atoms with E-state index in [-0.39, 0.29) is 30.0 Å². The molecule has 1 aromatic rings. The Morgan fingerprint density at radius 3 is 2.50 bits per heavy atom. The van der Waals surface area contributed by atoms with Crippen LogP contribution in [0.2, 0.25) is 0 Å². The Morgan fingerprint density at radius 2 is 1.95 bits per heavy atom. The van der Waals surface area contributed by atoms with Gasteiger partial charge in [-0.25, -0.2) is 9.18 Å². The summed E-state index contributed by atoms with van der Waals surface area (Å²) in [5.74, 6) is -1.39. The van der Waals surface area contributed by atoms with E-state index in [2.05, 4.69) is 5.32 Å². The van der Waals surface area contributed by atoms with E-state index in [1.165, 1.54) is 12.1 Å². The zero-order valence-corrected chi connectivity index (χ0v) is 13.3. The molecule has 0 aliphatic heterocycles. The Labute approximate surface area is 130 Å². The lowest BCUT2D eigenvalue weighted by Gasteiger charge is -2.18. The highest BCUT2D eigenvalue weighted by atomic mass is 19.1. The van der Waals surface area contributed by atoms with Crippen molar-refractivity contribution in [2.75, 3.05) is 0 Å². The van der Waals surface area contributed by atoms with Gasteiger partial charge in [0.2, 0.25) is 5.91 Å². The normalized spacial score (nSPS) is 13.7. The number of hydrogen-bond acceptors (Lipinski definition) is 2. The molecule has 22 heavy (non-hydrogen) atoms. The van der Waals surface area contributed by atoms with Crippen molar-refractivity contribution in [3.63, 3.8) is 0 Å². The van der Waals surface area contributed by atoms with Crippen LogP contribution in [0, 0.1) is 17.7 Å². The lowest BCUT2D eigenvalue weighted by molar-refractivity contribution is -0.142. The van der Waals surface area contributed by atoms with E-state index >= 15 is 0 Å². The Morgan fingerprint density at radius 1 is 1.27 bits per heavy atom. The fraction of sp³-hybridized carbons (Fsp3) is 0.529. The Balaban J connectivity index is 2.50. The molecule has 0 radical (unpaired) electrons. The van der Waals surface area contributed by atoms with Crippen LogP contribution in [0.15, 0.2) is 24.3 Å². The average molecular weight is 309 g/mol. The summed E-state index contributed by atoms with van der Waals surface area (Å²) in [6.45, 7) is 5.71. The Hall–Kier alpha value is -1.91. The average Bonchev–Trinajstić information content (AvgIpc) is 2.36. The van der Waals surface area contributed by atoms with Gasteiger partial charge in [0, 0.05) is 6.42 Å². The summed E-state index contributed by atoms with van der Waals surface area (Å²) >= 11 is 0. The van der Waals surface area contributed by atoms with Crippen molar-refractivity contribution in [1.82, 2.24) is 5.32 Å². The van der Waals surface area contributed by atoms with Crippen LogP contribution in [0.25, 0.3) is 0 Å². The van der Waals surface area contributed by atoms with Gasteiger partial charge < -0.3 is 10.4 Å². The first-order chi connectivity index (χ1) is 10.3. The third-order valence-electron chi connectivity index (χ3n) is 3.35. The van der Waals surface area contributed by atoms with E-state index < -0.39 is 12.0 Å². The van der Waals surface area contributed by atoms with Gasteiger partial charge in [-0.3, -0.25) is 4.79 Å². The van der Waals surface area contributed by atoms with E-state index in [4.69, 9.17) is 5.11 Å². The fourth-order valence-electron chi connectivity index (χ4n) is 2.40. The standard InChI is InChI=1S/C17H24FNO3/c1-11(2)7-15(17(21)22)19-16(20)9-12(3)8-13-5-4-6-14(18)10-13/h4-6,10-12,15H,7-9H2,1-3H3,(H,19,20)(H,21,22)/t12?,15-/m1/s1. The molecule has 0 aliphatic carbocycles. The van der Waals surface area contributed by atoms with Gasteiger partial charge in [0.15, 0.2) is 0 Å². The van der Waals surface area contributed by atoms with E-state index in [0.717, 1.165) is 5.56 Å². The number of carboxylic acid groups (broad SMARTS) is 1. The molecule has 122 valence electrons. The van der Waals surface area contributed by atoms with Gasteiger partial charge in [0.25, 0.3) is 0 Å². The molecule has 2 atom stereocenters. The van der Waals surface area contributed by atoms with Crippen molar-refractivity contribution in [2.45, 2.75) is 46.1 Å². The second-order valence-electron chi connectivity index (χ2n) is 6.23. The molecule has 2 N–H and O–H groups in total. The SMILES string of the molecule is CC(C)C[C@@H](NC(=O)CC(C)Cc1cccc(F)c1)C(=O)O. The van der Waals surface area contributed by atoms with Gasteiger partial charge in [-0.15, -0.1) is 0 Å². The summed E-state index contributed by atoms with van der Waals surface area (Å²) in [4.78, 5) is 23.1. The lowest BCUT2D eigenvalue weighted by atomic mass is 9.97. The number of carboxylic acids is 1. The molecule has 0 saturated carbocycles. The highest BCUT2D eigenvalue weighted by molar-refractivity contribution is 5.83. The highest BCUT2D eigenvalue weighted by Gasteiger charge is 2.21. The van der Waals surface area contributed by atoms with Crippen LogP contribution in [0.5, 0.6) is 0 Å². The van der Waals surface area contributed by atoms with Crippen LogP contribution < -0.4 is 5.32 Å². The van der Waals surface area contributed by atoms with Gasteiger partial charge in [-0.1, -0.05) is 32.9 Å². The van der Waals surface area contributed by atoms with Crippen LogP contribution in [0.3, 0.4) is 0 Å². The maximum absolute atomic E-state index is 13.1. The molecule has 1 unspecified atom stereocenters. The molecule has 0 aliphatic rings. The predicted octanol–water partition coefficient (Wildman–Crippen LogP) is 3.01. The van der Waals surface area contributed by atoms with Crippen molar-refractivity contribution >= 4 is 11.9 Å². The molecule has 0 spiro atoms. The van der Waals surface area contributed by atoms with Crippen LogP contribution in [-0.2, 0) is 16.0 Å². The first-order valence-corrected chi connectivity index (χ1v) is 7.54. The van der Waals surface area contributed by atoms with Gasteiger partial charge >= 0.3 is 5.97 Å². The first kappa shape index (κ1) is 18.1. The minimum Gasteiger partial charge on any atom is -0.480 e. The van der Waals surface area contributed by atoms with Crippen molar-refractivity contribution in [1.29, 1.82) is 0 Å². The van der Waals surface area contributed by atoms with Crippen molar-refractivity contribution in [3.8, 4) is 0 Å². The molecule has 5 heteroatoms. The molecule has 0 bridgehead atoms. The van der Waals surface area contributed by atoms with E-state index in [1.54, 1.807) is 6.07 Å². The minimum absolute atomic E-state index is 0.00953. The summed E-state index contributed by atoms with van der Waals surface area (Å²) < 4.78 is 13.1. The van der Waals surface area contributed by atoms with Crippen molar-refractivity contribution in [3.05, 3.63) is 35.6 Å². The number of amides is 1. The van der Waals surface area contributed by atoms with Gasteiger partial charge in [-0.2, -0.15) is 0 Å². The first-order valence-electron chi connectivity index (χ1n) is 7.54. The second kappa shape index (κ2) is 8.51. The highest BCUT2D eigenvalue weighted by Crippen LogP contribution is 2.13. The number of carbonyl (C=O) groups is 2. The number of rotatable bonds is 8. The van der Waals surface area contributed by atoms with E-state index in [1.807, 2.05) is 26.8 Å². The molecule has 0 aromatic heterocycles. The van der Waals surface area contributed by atoms with Gasteiger partial charge in [0.05, 0.1) is 0 Å². The number of hydrogen-bond donors (Lipinski definition) is 2. The van der Waals surface area contributed by atoms with E-state index in [0.29, 0.717) is 12.8 Å². The van der Waals surface area contributed by atoms with Crippen LogP contribution >= 0.6 is 0 Å². The van der Waals surface area contributed by atoms with E-state index in [9.17, 15) is 14.0 Å². The smallest absolute Gasteiger partial charge is 0.326 e. The minimum atomic E-state index is -1.01. The summed E-state index contributed by atoms with van der Waals surface area (Å²) in [7, 11) is 0.